The Hall–Kier alpha value is -2.37. The minimum Gasteiger partial charge on any atom is -0.465 e. The van der Waals surface area contributed by atoms with E-state index in [9.17, 15) is 14.4 Å². The van der Waals surface area contributed by atoms with Crippen LogP contribution < -0.4 is 10.9 Å². The first kappa shape index (κ1) is 16.7. The summed E-state index contributed by atoms with van der Waals surface area (Å²) in [7, 11) is 1.29. The molecule has 0 saturated heterocycles. The number of ether oxygens (including phenoxy) is 1. The van der Waals surface area contributed by atoms with Gasteiger partial charge in [-0.15, -0.1) is 0 Å². The number of amides is 2. The zero-order chi connectivity index (χ0) is 15.7. The second kappa shape index (κ2) is 8.73. The van der Waals surface area contributed by atoms with Crippen LogP contribution in [-0.2, 0) is 9.53 Å². The number of nitrogens with one attached hydrogen (secondary N) is 2. The molecule has 1 rings (SSSR count). The second-order valence-corrected chi connectivity index (χ2v) is 4.53. The summed E-state index contributed by atoms with van der Waals surface area (Å²) in [6.45, 7) is 2.05. The molecule has 6 heteroatoms. The predicted octanol–water partition coefficient (Wildman–Crippen LogP) is 1.81. The number of rotatable bonds is 6. The Kier molecular flexibility index (Phi) is 6.94. The summed E-state index contributed by atoms with van der Waals surface area (Å²) in [5, 5.41) is 0. The fourth-order valence-corrected chi connectivity index (χ4v) is 1.67. The van der Waals surface area contributed by atoms with E-state index in [4.69, 9.17) is 0 Å². The van der Waals surface area contributed by atoms with Crippen molar-refractivity contribution in [2.45, 2.75) is 32.6 Å². The molecule has 0 aliphatic heterocycles. The van der Waals surface area contributed by atoms with Gasteiger partial charge in [-0.3, -0.25) is 20.4 Å². The molecule has 21 heavy (non-hydrogen) atoms. The molecule has 114 valence electrons. The van der Waals surface area contributed by atoms with Gasteiger partial charge in [0.25, 0.3) is 5.91 Å². The van der Waals surface area contributed by atoms with Crippen LogP contribution in [0.25, 0.3) is 0 Å². The van der Waals surface area contributed by atoms with Crippen molar-refractivity contribution in [3.63, 3.8) is 0 Å². The summed E-state index contributed by atoms with van der Waals surface area (Å²) in [5.74, 6) is -1.12. The highest BCUT2D eigenvalue weighted by Gasteiger charge is 2.09. The Labute approximate surface area is 123 Å². The molecule has 1 aromatic rings. The van der Waals surface area contributed by atoms with Crippen molar-refractivity contribution in [2.75, 3.05) is 7.11 Å². The van der Waals surface area contributed by atoms with Crippen molar-refractivity contribution < 1.29 is 19.1 Å². The Morgan fingerprint density at radius 2 is 1.62 bits per heavy atom. The van der Waals surface area contributed by atoms with Crippen LogP contribution >= 0.6 is 0 Å². The van der Waals surface area contributed by atoms with E-state index in [-0.39, 0.29) is 5.91 Å². The Morgan fingerprint density at radius 3 is 2.19 bits per heavy atom. The minimum atomic E-state index is -0.466. The SMILES string of the molecule is CCCCCC(=O)NNC(=O)c1ccc(C(=O)OC)cc1. The number of carbonyl (C=O) groups excluding carboxylic acids is 3. The van der Waals surface area contributed by atoms with Crippen molar-refractivity contribution in [3.8, 4) is 0 Å². The molecule has 0 aliphatic carbocycles. The molecule has 2 N–H and O–H groups in total. The lowest BCUT2D eigenvalue weighted by molar-refractivity contribution is -0.121. The summed E-state index contributed by atoms with van der Waals surface area (Å²) in [6, 6.07) is 5.96. The zero-order valence-corrected chi connectivity index (χ0v) is 12.3. The number of hydrogen-bond donors (Lipinski definition) is 2. The maximum atomic E-state index is 11.8. The fraction of sp³-hybridized carbons (Fsp3) is 0.400. The Balaban J connectivity index is 2.45. The monoisotopic (exact) mass is 292 g/mol. The van der Waals surface area contributed by atoms with E-state index in [2.05, 4.69) is 22.5 Å². The molecule has 0 aliphatic rings. The molecule has 0 unspecified atom stereocenters. The molecule has 6 nitrogen and oxygen atoms in total. The quantitative estimate of drug-likeness (QED) is 0.476. The molecular formula is C15H20N2O4. The van der Waals surface area contributed by atoms with E-state index in [1.807, 2.05) is 0 Å². The van der Waals surface area contributed by atoms with Gasteiger partial charge >= 0.3 is 5.97 Å². The van der Waals surface area contributed by atoms with Gasteiger partial charge in [0.05, 0.1) is 12.7 Å². The van der Waals surface area contributed by atoms with Gasteiger partial charge < -0.3 is 4.74 Å². The van der Waals surface area contributed by atoms with Crippen molar-refractivity contribution in [3.05, 3.63) is 35.4 Å². The van der Waals surface area contributed by atoms with Crippen LogP contribution in [-0.4, -0.2) is 24.9 Å². The average Bonchev–Trinajstić information content (AvgIpc) is 2.52. The van der Waals surface area contributed by atoms with Crippen LogP contribution in [0.1, 0.15) is 53.3 Å². The van der Waals surface area contributed by atoms with Crippen LogP contribution in [0.2, 0.25) is 0 Å². The maximum absolute atomic E-state index is 11.8. The fourth-order valence-electron chi connectivity index (χ4n) is 1.67. The molecule has 2 amide bonds. The van der Waals surface area contributed by atoms with Crippen LogP contribution in [0.5, 0.6) is 0 Å². The molecule has 0 bridgehead atoms. The van der Waals surface area contributed by atoms with Crippen LogP contribution in [0.15, 0.2) is 24.3 Å². The number of unbranched alkanes of at least 4 members (excludes halogenated alkanes) is 2. The molecule has 0 heterocycles. The topological polar surface area (TPSA) is 84.5 Å². The van der Waals surface area contributed by atoms with Gasteiger partial charge in [-0.2, -0.15) is 0 Å². The van der Waals surface area contributed by atoms with E-state index in [1.165, 1.54) is 31.4 Å². The number of benzene rings is 1. The van der Waals surface area contributed by atoms with Crippen LogP contribution in [0.3, 0.4) is 0 Å². The number of hydrogen-bond acceptors (Lipinski definition) is 4. The number of methoxy groups -OCH3 is 1. The summed E-state index contributed by atoms with van der Waals surface area (Å²) < 4.78 is 4.57. The lowest BCUT2D eigenvalue weighted by Crippen LogP contribution is -2.41. The maximum Gasteiger partial charge on any atom is 0.337 e. The van der Waals surface area contributed by atoms with E-state index < -0.39 is 11.9 Å². The van der Waals surface area contributed by atoms with Gasteiger partial charge in [0, 0.05) is 12.0 Å². The van der Waals surface area contributed by atoms with Crippen molar-refractivity contribution in [1.82, 2.24) is 10.9 Å². The minimum absolute atomic E-state index is 0.219. The highest BCUT2D eigenvalue weighted by molar-refractivity contribution is 5.97. The third-order valence-corrected chi connectivity index (χ3v) is 2.89. The van der Waals surface area contributed by atoms with E-state index >= 15 is 0 Å². The zero-order valence-electron chi connectivity index (χ0n) is 12.3. The molecule has 1 aromatic carbocycles. The van der Waals surface area contributed by atoms with Crippen molar-refractivity contribution >= 4 is 17.8 Å². The molecule has 0 radical (unpaired) electrons. The molecule has 0 saturated carbocycles. The highest BCUT2D eigenvalue weighted by atomic mass is 16.5. The predicted molar refractivity (Wildman–Crippen MR) is 77.5 cm³/mol. The molecule has 0 spiro atoms. The third kappa shape index (κ3) is 5.64. The smallest absolute Gasteiger partial charge is 0.337 e. The van der Waals surface area contributed by atoms with E-state index in [1.54, 1.807) is 0 Å². The van der Waals surface area contributed by atoms with Gasteiger partial charge in [0.1, 0.15) is 0 Å². The Bertz CT molecular complexity index is 497. The second-order valence-electron chi connectivity index (χ2n) is 4.53. The number of esters is 1. The summed E-state index contributed by atoms with van der Waals surface area (Å²) in [5.41, 5.74) is 5.39. The third-order valence-electron chi connectivity index (χ3n) is 2.89. The highest BCUT2D eigenvalue weighted by Crippen LogP contribution is 2.05. The van der Waals surface area contributed by atoms with Crippen molar-refractivity contribution in [1.29, 1.82) is 0 Å². The lowest BCUT2D eigenvalue weighted by atomic mass is 10.1. The van der Waals surface area contributed by atoms with Gasteiger partial charge in [0.2, 0.25) is 5.91 Å². The molecular weight excluding hydrogens is 272 g/mol. The largest absolute Gasteiger partial charge is 0.465 e. The molecule has 0 aromatic heterocycles. The number of hydrazine groups is 1. The summed E-state index contributed by atoms with van der Waals surface area (Å²) >= 11 is 0. The first-order chi connectivity index (χ1) is 10.1. The Morgan fingerprint density at radius 1 is 1.00 bits per heavy atom. The van der Waals surface area contributed by atoms with E-state index in [0.717, 1.165) is 19.3 Å². The summed E-state index contributed by atoms with van der Waals surface area (Å²) in [6.07, 6.45) is 3.20. The van der Waals surface area contributed by atoms with Gasteiger partial charge in [-0.25, -0.2) is 4.79 Å². The van der Waals surface area contributed by atoms with Crippen LogP contribution in [0.4, 0.5) is 0 Å². The van der Waals surface area contributed by atoms with Gasteiger partial charge in [-0.1, -0.05) is 19.8 Å². The number of carbonyl (C=O) groups is 3. The molecule has 0 fully saturated rings. The average molecular weight is 292 g/mol. The van der Waals surface area contributed by atoms with Gasteiger partial charge in [0.15, 0.2) is 0 Å². The lowest BCUT2D eigenvalue weighted by Gasteiger charge is -2.07. The van der Waals surface area contributed by atoms with Crippen molar-refractivity contribution in [2.24, 2.45) is 0 Å². The van der Waals surface area contributed by atoms with Gasteiger partial charge in [-0.05, 0) is 30.7 Å². The first-order valence-electron chi connectivity index (χ1n) is 6.86. The van der Waals surface area contributed by atoms with E-state index in [0.29, 0.717) is 17.5 Å². The normalized spacial score (nSPS) is 9.81. The summed E-state index contributed by atoms with van der Waals surface area (Å²) in [4.78, 5) is 34.5. The molecule has 0 atom stereocenters. The van der Waals surface area contributed by atoms with Crippen LogP contribution in [0, 0.1) is 0 Å². The standard InChI is InChI=1S/C15H20N2O4/c1-3-4-5-6-13(18)16-17-14(19)11-7-9-12(10-8-11)15(20)21-2/h7-10H,3-6H2,1-2H3,(H,16,18)(H,17,19). The first-order valence-corrected chi connectivity index (χ1v) is 6.86.